The van der Waals surface area contributed by atoms with Gasteiger partial charge in [-0.05, 0) is 12.5 Å². The normalized spacial score (nSPS) is 20.9. The summed E-state index contributed by atoms with van der Waals surface area (Å²) in [5, 5.41) is 3.09. The second-order valence-electron chi connectivity index (χ2n) is 4.97. The molecule has 0 aromatic heterocycles. The fourth-order valence-corrected chi connectivity index (χ4v) is 2.83. The number of hydrogen-bond acceptors (Lipinski definition) is 5. The Bertz CT molecular complexity index is 673. The Morgan fingerprint density at radius 1 is 1.33 bits per heavy atom. The lowest BCUT2D eigenvalue weighted by atomic mass is 9.81. The monoisotopic (exact) mass is 285 g/mol. The first-order valence-electron chi connectivity index (χ1n) is 6.64. The number of cyclic esters (lactones) is 1. The molecule has 1 N–H and O–H groups in total. The number of hydrogen-bond donors (Lipinski definition) is 1. The number of carbonyl (C=O) groups excluding carboxylic acids is 2. The summed E-state index contributed by atoms with van der Waals surface area (Å²) in [7, 11) is 1.33. The fourth-order valence-electron chi connectivity index (χ4n) is 2.83. The second-order valence-corrected chi connectivity index (χ2v) is 4.97. The smallest absolute Gasteiger partial charge is 0.337 e. The molecule has 0 fully saturated rings. The third-order valence-corrected chi connectivity index (χ3v) is 3.75. The highest BCUT2D eigenvalue weighted by Crippen LogP contribution is 2.41. The molecule has 0 saturated carbocycles. The molecule has 108 valence electrons. The standard InChI is InChI=1S/C16H15NO4/c1-9-12(15(18)20-2)13(10-6-4-3-5-7-10)14-11(17-9)8-21-16(14)19/h3-7,13,17H,8H2,1-2H3. The van der Waals surface area contributed by atoms with Crippen molar-refractivity contribution in [2.75, 3.05) is 13.7 Å². The van der Waals surface area contributed by atoms with Crippen LogP contribution in [0.5, 0.6) is 0 Å². The zero-order valence-corrected chi connectivity index (χ0v) is 11.8. The molecule has 1 atom stereocenters. The highest BCUT2D eigenvalue weighted by molar-refractivity contribution is 6.01. The molecule has 0 radical (unpaired) electrons. The van der Waals surface area contributed by atoms with Crippen molar-refractivity contribution in [3.8, 4) is 0 Å². The summed E-state index contributed by atoms with van der Waals surface area (Å²) in [6.45, 7) is 2.01. The van der Waals surface area contributed by atoms with Gasteiger partial charge in [-0.1, -0.05) is 30.3 Å². The van der Waals surface area contributed by atoms with Crippen LogP contribution >= 0.6 is 0 Å². The first kappa shape index (κ1) is 13.4. The van der Waals surface area contributed by atoms with Crippen molar-refractivity contribution in [3.63, 3.8) is 0 Å². The van der Waals surface area contributed by atoms with Gasteiger partial charge >= 0.3 is 11.9 Å². The Labute approximate surface area is 122 Å². The van der Waals surface area contributed by atoms with E-state index in [0.29, 0.717) is 16.8 Å². The van der Waals surface area contributed by atoms with E-state index in [1.165, 1.54) is 7.11 Å². The average molecular weight is 285 g/mol. The van der Waals surface area contributed by atoms with Crippen LogP contribution in [-0.4, -0.2) is 25.7 Å². The van der Waals surface area contributed by atoms with E-state index >= 15 is 0 Å². The van der Waals surface area contributed by atoms with Gasteiger partial charge in [-0.3, -0.25) is 0 Å². The molecule has 1 unspecified atom stereocenters. The number of benzene rings is 1. The van der Waals surface area contributed by atoms with E-state index in [-0.39, 0.29) is 12.6 Å². The van der Waals surface area contributed by atoms with Crippen molar-refractivity contribution >= 4 is 11.9 Å². The lowest BCUT2D eigenvalue weighted by molar-refractivity contribution is -0.136. The van der Waals surface area contributed by atoms with Gasteiger partial charge in [-0.25, -0.2) is 9.59 Å². The van der Waals surface area contributed by atoms with Crippen LogP contribution in [0.25, 0.3) is 0 Å². The first-order chi connectivity index (χ1) is 10.1. The van der Waals surface area contributed by atoms with Crippen LogP contribution in [0, 0.1) is 0 Å². The van der Waals surface area contributed by atoms with Crippen molar-refractivity contribution in [1.29, 1.82) is 0 Å². The van der Waals surface area contributed by atoms with Crippen molar-refractivity contribution in [1.82, 2.24) is 5.32 Å². The maximum atomic E-state index is 12.2. The Balaban J connectivity index is 2.17. The molecule has 0 spiro atoms. The third-order valence-electron chi connectivity index (χ3n) is 3.75. The Morgan fingerprint density at radius 2 is 2.05 bits per heavy atom. The molecule has 2 aliphatic rings. The van der Waals surface area contributed by atoms with Gasteiger partial charge in [0.1, 0.15) is 6.61 Å². The van der Waals surface area contributed by atoms with E-state index in [9.17, 15) is 9.59 Å². The topological polar surface area (TPSA) is 64.6 Å². The maximum Gasteiger partial charge on any atom is 0.337 e. The summed E-state index contributed by atoms with van der Waals surface area (Å²) in [5.41, 5.74) is 3.21. The van der Waals surface area contributed by atoms with Crippen LogP contribution in [0.4, 0.5) is 0 Å². The van der Waals surface area contributed by atoms with Crippen molar-refractivity contribution in [3.05, 3.63) is 58.4 Å². The van der Waals surface area contributed by atoms with Gasteiger partial charge < -0.3 is 14.8 Å². The van der Waals surface area contributed by atoms with E-state index in [1.54, 1.807) is 6.92 Å². The molecule has 5 nitrogen and oxygen atoms in total. The van der Waals surface area contributed by atoms with Gasteiger partial charge in [-0.15, -0.1) is 0 Å². The Hall–Kier alpha value is -2.56. The minimum absolute atomic E-state index is 0.212. The summed E-state index contributed by atoms with van der Waals surface area (Å²) >= 11 is 0. The van der Waals surface area contributed by atoms with Gasteiger partial charge in [-0.2, -0.15) is 0 Å². The van der Waals surface area contributed by atoms with Crippen LogP contribution in [0.3, 0.4) is 0 Å². The minimum Gasteiger partial charge on any atom is -0.466 e. The van der Waals surface area contributed by atoms with Crippen LogP contribution in [0.15, 0.2) is 52.9 Å². The molecule has 1 aromatic rings. The second kappa shape index (κ2) is 5.09. The van der Waals surface area contributed by atoms with Gasteiger partial charge in [0.25, 0.3) is 0 Å². The average Bonchev–Trinajstić information content (AvgIpc) is 2.87. The van der Waals surface area contributed by atoms with E-state index in [1.807, 2.05) is 30.3 Å². The van der Waals surface area contributed by atoms with Crippen LogP contribution in [-0.2, 0) is 19.1 Å². The molecule has 0 aliphatic carbocycles. The zero-order valence-electron chi connectivity index (χ0n) is 11.8. The van der Waals surface area contributed by atoms with Gasteiger partial charge in [0.15, 0.2) is 0 Å². The first-order valence-corrected chi connectivity index (χ1v) is 6.64. The molecular weight excluding hydrogens is 270 g/mol. The molecular formula is C16H15NO4. The summed E-state index contributed by atoms with van der Waals surface area (Å²) in [4.78, 5) is 24.2. The summed E-state index contributed by atoms with van der Waals surface area (Å²) < 4.78 is 9.99. The van der Waals surface area contributed by atoms with Crippen LogP contribution in [0.1, 0.15) is 18.4 Å². The number of allylic oxidation sites excluding steroid dienone is 1. The van der Waals surface area contributed by atoms with E-state index in [2.05, 4.69) is 5.32 Å². The van der Waals surface area contributed by atoms with E-state index in [4.69, 9.17) is 9.47 Å². The maximum absolute atomic E-state index is 12.2. The molecule has 1 aromatic carbocycles. The van der Waals surface area contributed by atoms with Crippen molar-refractivity contribution < 1.29 is 19.1 Å². The fraction of sp³-hybridized carbons (Fsp3) is 0.250. The number of dihydropyridines is 1. The van der Waals surface area contributed by atoms with Gasteiger partial charge in [0, 0.05) is 5.70 Å². The van der Waals surface area contributed by atoms with Crippen LogP contribution in [0.2, 0.25) is 0 Å². The van der Waals surface area contributed by atoms with Crippen LogP contribution < -0.4 is 5.32 Å². The van der Waals surface area contributed by atoms with Gasteiger partial charge in [0.2, 0.25) is 0 Å². The summed E-state index contributed by atoms with van der Waals surface area (Å²) in [5.74, 6) is -1.29. The SMILES string of the molecule is COC(=O)C1=C(C)NC2=C(C(=O)OC2)C1c1ccccc1. The number of rotatable bonds is 2. The third kappa shape index (κ3) is 2.11. The predicted octanol–water partition coefficient (Wildman–Crippen LogP) is 1.63. The highest BCUT2D eigenvalue weighted by Gasteiger charge is 2.41. The number of ether oxygens (including phenoxy) is 2. The number of esters is 2. The predicted molar refractivity (Wildman–Crippen MR) is 75.0 cm³/mol. The highest BCUT2D eigenvalue weighted by atomic mass is 16.5. The quantitative estimate of drug-likeness (QED) is 0.837. The molecule has 0 amide bonds. The van der Waals surface area contributed by atoms with Gasteiger partial charge in [0.05, 0.1) is 29.9 Å². The molecule has 0 bridgehead atoms. The molecule has 2 aliphatic heterocycles. The lowest BCUT2D eigenvalue weighted by Gasteiger charge is -2.27. The number of carbonyl (C=O) groups is 2. The summed E-state index contributed by atoms with van der Waals surface area (Å²) in [6.07, 6.45) is 0. The Morgan fingerprint density at radius 3 is 2.71 bits per heavy atom. The molecule has 5 heteroatoms. The minimum atomic E-state index is -0.454. The summed E-state index contributed by atoms with van der Waals surface area (Å²) in [6, 6.07) is 9.43. The van der Waals surface area contributed by atoms with Crippen molar-refractivity contribution in [2.45, 2.75) is 12.8 Å². The number of methoxy groups -OCH3 is 1. The zero-order chi connectivity index (χ0) is 15.0. The molecule has 21 heavy (non-hydrogen) atoms. The van der Waals surface area contributed by atoms with E-state index < -0.39 is 11.9 Å². The largest absolute Gasteiger partial charge is 0.466 e. The van der Waals surface area contributed by atoms with E-state index in [0.717, 1.165) is 11.3 Å². The lowest BCUT2D eigenvalue weighted by Crippen LogP contribution is -2.29. The molecule has 0 saturated heterocycles. The van der Waals surface area contributed by atoms with Crippen molar-refractivity contribution in [2.24, 2.45) is 0 Å². The Kier molecular flexibility index (Phi) is 3.25. The molecule has 3 rings (SSSR count). The molecule has 2 heterocycles. The number of nitrogens with one attached hydrogen (secondary N) is 1.